The van der Waals surface area contributed by atoms with E-state index in [1.807, 2.05) is 6.92 Å². The number of carbonyl (C=O) groups is 3. The van der Waals surface area contributed by atoms with E-state index < -0.39 is 5.97 Å². The number of ether oxygens (including phenoxy) is 1. The molecular weight excluding hydrogens is 308 g/mol. The average Bonchev–Trinajstić information content (AvgIpc) is 3.30. The van der Waals surface area contributed by atoms with Crippen LogP contribution in [-0.2, 0) is 9.53 Å². The number of aromatic amines is 1. The van der Waals surface area contributed by atoms with Crippen molar-refractivity contribution in [2.75, 3.05) is 13.2 Å². The first-order valence-electron chi connectivity index (χ1n) is 8.59. The molecule has 0 radical (unpaired) electrons. The van der Waals surface area contributed by atoms with E-state index in [0.29, 0.717) is 28.9 Å². The highest BCUT2D eigenvalue weighted by Gasteiger charge is 2.34. The second-order valence-corrected chi connectivity index (χ2v) is 6.27. The van der Waals surface area contributed by atoms with Crippen molar-refractivity contribution in [2.45, 2.75) is 59.4 Å². The van der Waals surface area contributed by atoms with Gasteiger partial charge in [0, 0.05) is 23.7 Å². The molecule has 24 heavy (non-hydrogen) atoms. The zero-order valence-electron chi connectivity index (χ0n) is 14.9. The molecule has 6 nitrogen and oxygen atoms in total. The Kier molecular flexibility index (Phi) is 5.80. The molecule has 0 saturated heterocycles. The van der Waals surface area contributed by atoms with Crippen LogP contribution in [0.15, 0.2) is 0 Å². The first-order chi connectivity index (χ1) is 11.4. The van der Waals surface area contributed by atoms with Crippen molar-refractivity contribution >= 4 is 17.7 Å². The second kappa shape index (κ2) is 7.64. The number of ketones is 1. The van der Waals surface area contributed by atoms with Gasteiger partial charge in [0.15, 0.2) is 5.78 Å². The molecule has 0 atom stereocenters. The third-order valence-electron chi connectivity index (χ3n) is 4.28. The molecule has 2 rings (SSSR count). The molecule has 1 aromatic rings. The standard InChI is InChI=1S/C18H26N2O4/c1-5-7-15(22)20(13-8-9-13)10-14(21)16-11(3)17(19-12(16)4)18(23)24-6-2/h13,19H,5-10H2,1-4H3. The molecule has 1 aliphatic rings. The number of H-pyrrole nitrogens is 1. The maximum absolute atomic E-state index is 12.8. The maximum Gasteiger partial charge on any atom is 0.355 e. The Morgan fingerprint density at radius 3 is 2.42 bits per heavy atom. The average molecular weight is 334 g/mol. The quantitative estimate of drug-likeness (QED) is 0.585. The van der Waals surface area contributed by atoms with Crippen molar-refractivity contribution in [3.8, 4) is 0 Å². The predicted octanol–water partition coefficient (Wildman–Crippen LogP) is 2.78. The van der Waals surface area contributed by atoms with E-state index in [1.54, 1.807) is 25.7 Å². The van der Waals surface area contributed by atoms with Crippen LogP contribution in [0.3, 0.4) is 0 Å². The van der Waals surface area contributed by atoms with Gasteiger partial charge in [-0.05, 0) is 45.6 Å². The van der Waals surface area contributed by atoms with Gasteiger partial charge in [0.1, 0.15) is 5.69 Å². The van der Waals surface area contributed by atoms with Gasteiger partial charge in [-0.1, -0.05) is 6.92 Å². The summed E-state index contributed by atoms with van der Waals surface area (Å²) < 4.78 is 5.01. The summed E-state index contributed by atoms with van der Waals surface area (Å²) in [6.07, 6.45) is 3.15. The van der Waals surface area contributed by atoms with Gasteiger partial charge in [-0.3, -0.25) is 9.59 Å². The van der Waals surface area contributed by atoms with E-state index in [2.05, 4.69) is 4.98 Å². The molecular formula is C18H26N2O4. The summed E-state index contributed by atoms with van der Waals surface area (Å²) in [5.74, 6) is -0.559. The van der Waals surface area contributed by atoms with Gasteiger partial charge in [-0.15, -0.1) is 0 Å². The third-order valence-corrected chi connectivity index (χ3v) is 4.28. The molecule has 132 valence electrons. The Balaban J connectivity index is 2.19. The van der Waals surface area contributed by atoms with E-state index in [1.165, 1.54) is 0 Å². The molecule has 1 amide bonds. The maximum atomic E-state index is 12.8. The molecule has 0 unspecified atom stereocenters. The van der Waals surface area contributed by atoms with E-state index in [0.717, 1.165) is 19.3 Å². The lowest BCUT2D eigenvalue weighted by atomic mass is 10.0. The highest BCUT2D eigenvalue weighted by atomic mass is 16.5. The lowest BCUT2D eigenvalue weighted by Gasteiger charge is -2.21. The predicted molar refractivity (Wildman–Crippen MR) is 90.2 cm³/mol. The summed E-state index contributed by atoms with van der Waals surface area (Å²) >= 11 is 0. The van der Waals surface area contributed by atoms with Crippen molar-refractivity contribution in [3.63, 3.8) is 0 Å². The Labute approximate surface area is 142 Å². The van der Waals surface area contributed by atoms with Crippen LogP contribution in [0.4, 0.5) is 0 Å². The molecule has 0 aromatic carbocycles. The van der Waals surface area contributed by atoms with Gasteiger partial charge in [0.25, 0.3) is 0 Å². The molecule has 6 heteroatoms. The van der Waals surface area contributed by atoms with Crippen LogP contribution in [0, 0.1) is 13.8 Å². The van der Waals surface area contributed by atoms with Crippen LogP contribution >= 0.6 is 0 Å². The van der Waals surface area contributed by atoms with Crippen molar-refractivity contribution in [1.29, 1.82) is 0 Å². The van der Waals surface area contributed by atoms with Crippen LogP contribution in [0.5, 0.6) is 0 Å². The summed E-state index contributed by atoms with van der Waals surface area (Å²) in [6, 6.07) is 0.192. The van der Waals surface area contributed by atoms with Crippen LogP contribution in [0.2, 0.25) is 0 Å². The molecule has 0 bridgehead atoms. The van der Waals surface area contributed by atoms with Crippen LogP contribution < -0.4 is 0 Å². The summed E-state index contributed by atoms with van der Waals surface area (Å²) in [6.45, 7) is 7.54. The molecule has 1 N–H and O–H groups in total. The number of nitrogens with zero attached hydrogens (tertiary/aromatic N) is 1. The van der Waals surface area contributed by atoms with Crippen molar-refractivity contribution in [1.82, 2.24) is 9.88 Å². The zero-order chi connectivity index (χ0) is 17.9. The highest BCUT2D eigenvalue weighted by Crippen LogP contribution is 2.28. The number of nitrogens with one attached hydrogen (secondary N) is 1. The number of rotatable bonds is 8. The van der Waals surface area contributed by atoms with E-state index in [4.69, 9.17) is 4.74 Å². The minimum Gasteiger partial charge on any atom is -0.461 e. The SMILES string of the molecule is CCCC(=O)N(CC(=O)c1c(C)[nH]c(C(=O)OCC)c1C)C1CC1. The summed E-state index contributed by atoms with van der Waals surface area (Å²) in [5.41, 5.74) is 2.04. The topological polar surface area (TPSA) is 79.5 Å². The van der Waals surface area contributed by atoms with Crippen LogP contribution in [0.25, 0.3) is 0 Å². The highest BCUT2D eigenvalue weighted by molar-refractivity contribution is 6.04. The molecule has 1 heterocycles. The number of aryl methyl sites for hydroxylation is 1. The third kappa shape index (κ3) is 3.86. The Morgan fingerprint density at radius 2 is 1.88 bits per heavy atom. The van der Waals surface area contributed by atoms with Gasteiger partial charge in [-0.25, -0.2) is 4.79 Å². The van der Waals surface area contributed by atoms with E-state index >= 15 is 0 Å². The minimum atomic E-state index is -0.460. The summed E-state index contributed by atoms with van der Waals surface area (Å²) in [7, 11) is 0. The lowest BCUT2D eigenvalue weighted by Crippen LogP contribution is -2.37. The fourth-order valence-electron chi connectivity index (χ4n) is 2.97. The van der Waals surface area contributed by atoms with Gasteiger partial charge in [0.05, 0.1) is 13.2 Å². The number of aromatic nitrogens is 1. The van der Waals surface area contributed by atoms with Gasteiger partial charge in [0.2, 0.25) is 5.91 Å². The molecule has 1 fully saturated rings. The first kappa shape index (κ1) is 18.2. The monoisotopic (exact) mass is 334 g/mol. The fourth-order valence-corrected chi connectivity index (χ4v) is 2.97. The molecule has 1 saturated carbocycles. The van der Waals surface area contributed by atoms with Gasteiger partial charge < -0.3 is 14.6 Å². The van der Waals surface area contributed by atoms with Gasteiger partial charge in [-0.2, -0.15) is 0 Å². The Morgan fingerprint density at radius 1 is 1.21 bits per heavy atom. The zero-order valence-corrected chi connectivity index (χ0v) is 14.9. The summed E-state index contributed by atoms with van der Waals surface area (Å²) in [4.78, 5) is 41.6. The first-order valence-corrected chi connectivity index (χ1v) is 8.59. The van der Waals surface area contributed by atoms with Crippen LogP contribution in [0.1, 0.15) is 71.6 Å². The summed E-state index contributed by atoms with van der Waals surface area (Å²) in [5, 5.41) is 0. The minimum absolute atomic E-state index is 0.0322. The number of carbonyl (C=O) groups excluding carboxylic acids is 3. The number of Topliss-reactive ketones (excluding diaryl/α,β-unsaturated/α-hetero) is 1. The fraction of sp³-hybridized carbons (Fsp3) is 0.611. The van der Waals surface area contributed by atoms with Crippen molar-refractivity contribution < 1.29 is 19.1 Å². The van der Waals surface area contributed by atoms with E-state index in [9.17, 15) is 14.4 Å². The molecule has 1 aromatic heterocycles. The van der Waals surface area contributed by atoms with E-state index in [-0.39, 0.29) is 30.9 Å². The lowest BCUT2D eigenvalue weighted by molar-refractivity contribution is -0.131. The largest absolute Gasteiger partial charge is 0.461 e. The number of hydrogen-bond acceptors (Lipinski definition) is 4. The number of hydrogen-bond donors (Lipinski definition) is 1. The van der Waals surface area contributed by atoms with Crippen molar-refractivity contribution in [2.24, 2.45) is 0 Å². The Hall–Kier alpha value is -2.11. The molecule has 0 aliphatic heterocycles. The number of esters is 1. The molecule has 1 aliphatic carbocycles. The Bertz CT molecular complexity index is 644. The normalized spacial score (nSPS) is 13.7. The molecule has 0 spiro atoms. The van der Waals surface area contributed by atoms with Gasteiger partial charge >= 0.3 is 5.97 Å². The van der Waals surface area contributed by atoms with Crippen molar-refractivity contribution in [3.05, 3.63) is 22.5 Å². The smallest absolute Gasteiger partial charge is 0.355 e. The second-order valence-electron chi connectivity index (χ2n) is 6.27. The van der Waals surface area contributed by atoms with Crippen LogP contribution in [-0.4, -0.2) is 46.7 Å². The number of amides is 1.